The fraction of sp³-hybridized carbons (Fsp3) is 0.182. The summed E-state index contributed by atoms with van der Waals surface area (Å²) in [6.07, 6.45) is 1.52. The van der Waals surface area contributed by atoms with Crippen molar-refractivity contribution in [2.45, 2.75) is 12.5 Å². The number of carbonyl (C=O) groups excluding carboxylic acids is 1. The second-order valence-corrected chi connectivity index (χ2v) is 3.23. The molecule has 0 amide bonds. The molecular formula is C11H8F2O2. The Kier molecular flexibility index (Phi) is 2.49. The van der Waals surface area contributed by atoms with E-state index in [4.69, 9.17) is 4.74 Å². The first-order chi connectivity index (χ1) is 7.18. The molecule has 1 aromatic carbocycles. The molecule has 15 heavy (non-hydrogen) atoms. The Bertz CT molecular complexity index is 406. The predicted molar refractivity (Wildman–Crippen MR) is 48.9 cm³/mol. The molecule has 1 atom stereocenters. The number of halogens is 2. The summed E-state index contributed by atoms with van der Waals surface area (Å²) < 4.78 is 31.6. The van der Waals surface area contributed by atoms with Gasteiger partial charge < -0.3 is 4.74 Å². The lowest BCUT2D eigenvalue weighted by Crippen LogP contribution is -2.14. The molecule has 0 aliphatic carbocycles. The minimum atomic E-state index is -0.858. The van der Waals surface area contributed by atoms with E-state index in [0.717, 1.165) is 12.1 Å². The van der Waals surface area contributed by atoms with Gasteiger partial charge in [0.05, 0.1) is 18.2 Å². The molecule has 0 N–H and O–H groups in total. The van der Waals surface area contributed by atoms with Crippen LogP contribution < -0.4 is 0 Å². The molecule has 2 nitrogen and oxygen atoms in total. The second kappa shape index (κ2) is 3.81. The van der Waals surface area contributed by atoms with Crippen LogP contribution in [0.25, 0.3) is 0 Å². The first-order valence-electron chi connectivity index (χ1n) is 4.47. The van der Waals surface area contributed by atoms with Crippen molar-refractivity contribution in [3.8, 4) is 0 Å². The van der Waals surface area contributed by atoms with Crippen molar-refractivity contribution in [2.75, 3.05) is 0 Å². The Morgan fingerprint density at radius 3 is 2.53 bits per heavy atom. The molecular weight excluding hydrogens is 202 g/mol. The van der Waals surface area contributed by atoms with E-state index < -0.39 is 17.7 Å². The van der Waals surface area contributed by atoms with Crippen LogP contribution in [-0.4, -0.2) is 5.78 Å². The van der Waals surface area contributed by atoms with Crippen molar-refractivity contribution >= 4 is 5.78 Å². The Balaban J connectivity index is 2.37. The van der Waals surface area contributed by atoms with Gasteiger partial charge in [-0.15, -0.1) is 0 Å². The number of ketones is 1. The third-order valence-electron chi connectivity index (χ3n) is 2.21. The molecule has 0 fully saturated rings. The predicted octanol–water partition coefficient (Wildman–Crippen LogP) is 2.51. The molecule has 1 heterocycles. The van der Waals surface area contributed by atoms with Crippen molar-refractivity contribution in [2.24, 2.45) is 0 Å². The summed E-state index contributed by atoms with van der Waals surface area (Å²) in [6.45, 7) is 0. The summed E-state index contributed by atoms with van der Waals surface area (Å²) in [7, 11) is 0. The maximum absolute atomic E-state index is 13.3. The lowest BCUT2D eigenvalue weighted by atomic mass is 10.0. The summed E-state index contributed by atoms with van der Waals surface area (Å²) in [5.74, 6) is -1.58. The van der Waals surface area contributed by atoms with Crippen LogP contribution in [0.1, 0.15) is 18.1 Å². The van der Waals surface area contributed by atoms with Gasteiger partial charge in [-0.2, -0.15) is 0 Å². The Morgan fingerprint density at radius 1 is 1.27 bits per heavy atom. The standard InChI is InChI=1S/C11H8F2O2/c12-8-2-1-3-9(13)11(8)10-6-7(14)4-5-15-10/h1-5,10H,6H2. The molecule has 0 radical (unpaired) electrons. The van der Waals surface area contributed by atoms with E-state index in [2.05, 4.69) is 0 Å². The zero-order chi connectivity index (χ0) is 10.8. The summed E-state index contributed by atoms with van der Waals surface area (Å²) in [5.41, 5.74) is -0.185. The minimum Gasteiger partial charge on any atom is -0.493 e. The van der Waals surface area contributed by atoms with E-state index in [0.29, 0.717) is 0 Å². The van der Waals surface area contributed by atoms with Crippen molar-refractivity contribution < 1.29 is 18.3 Å². The summed E-state index contributed by atoms with van der Waals surface area (Å²) in [4.78, 5) is 11.1. The van der Waals surface area contributed by atoms with Gasteiger partial charge in [0.1, 0.15) is 17.7 Å². The topological polar surface area (TPSA) is 26.3 Å². The molecule has 0 aromatic heterocycles. The highest BCUT2D eigenvalue weighted by Gasteiger charge is 2.24. The van der Waals surface area contributed by atoms with Crippen LogP contribution in [0.3, 0.4) is 0 Å². The van der Waals surface area contributed by atoms with E-state index in [1.54, 1.807) is 0 Å². The average Bonchev–Trinajstić information content (AvgIpc) is 2.17. The molecule has 2 rings (SSSR count). The summed E-state index contributed by atoms with van der Waals surface area (Å²) in [5, 5.41) is 0. The van der Waals surface area contributed by atoms with Gasteiger partial charge in [-0.05, 0) is 12.1 Å². The number of allylic oxidation sites excluding steroid dienone is 1. The summed E-state index contributed by atoms with van der Waals surface area (Å²) in [6, 6.07) is 3.56. The van der Waals surface area contributed by atoms with Gasteiger partial charge in [0.15, 0.2) is 5.78 Å². The molecule has 1 unspecified atom stereocenters. The van der Waals surface area contributed by atoms with Gasteiger partial charge in [-0.3, -0.25) is 4.79 Å². The van der Waals surface area contributed by atoms with Crippen LogP contribution in [0, 0.1) is 11.6 Å². The normalized spacial score (nSPS) is 20.1. The van der Waals surface area contributed by atoms with Crippen molar-refractivity contribution in [3.63, 3.8) is 0 Å². The van der Waals surface area contributed by atoms with Crippen LogP contribution in [0.2, 0.25) is 0 Å². The maximum Gasteiger partial charge on any atom is 0.162 e. The van der Waals surface area contributed by atoms with Gasteiger partial charge in [0.25, 0.3) is 0 Å². The van der Waals surface area contributed by atoms with E-state index >= 15 is 0 Å². The van der Waals surface area contributed by atoms with Crippen molar-refractivity contribution in [3.05, 3.63) is 47.7 Å². The maximum atomic E-state index is 13.3. The molecule has 78 valence electrons. The molecule has 0 saturated carbocycles. The smallest absolute Gasteiger partial charge is 0.162 e. The highest BCUT2D eigenvalue weighted by Crippen LogP contribution is 2.29. The van der Waals surface area contributed by atoms with Gasteiger partial charge in [0.2, 0.25) is 0 Å². The minimum absolute atomic E-state index is 0.0334. The number of benzene rings is 1. The van der Waals surface area contributed by atoms with Crippen molar-refractivity contribution in [1.29, 1.82) is 0 Å². The Hall–Kier alpha value is -1.71. The molecule has 0 spiro atoms. The first-order valence-corrected chi connectivity index (χ1v) is 4.47. The molecule has 1 aliphatic rings. The second-order valence-electron chi connectivity index (χ2n) is 3.23. The van der Waals surface area contributed by atoms with Crippen molar-refractivity contribution in [1.82, 2.24) is 0 Å². The molecule has 0 bridgehead atoms. The van der Waals surface area contributed by atoms with Crippen LogP contribution in [0.15, 0.2) is 30.5 Å². The molecule has 1 aliphatic heterocycles. The van der Waals surface area contributed by atoms with E-state index in [9.17, 15) is 13.6 Å². The SMILES string of the molecule is O=C1C=COC(c2c(F)cccc2F)C1. The first kappa shape index (κ1) is 9.83. The summed E-state index contributed by atoms with van der Waals surface area (Å²) >= 11 is 0. The molecule has 0 saturated heterocycles. The third-order valence-corrected chi connectivity index (χ3v) is 2.21. The Morgan fingerprint density at radius 2 is 1.93 bits per heavy atom. The average molecular weight is 210 g/mol. The van der Waals surface area contributed by atoms with Gasteiger partial charge in [0, 0.05) is 6.08 Å². The van der Waals surface area contributed by atoms with Gasteiger partial charge in [-0.25, -0.2) is 8.78 Å². The highest BCUT2D eigenvalue weighted by molar-refractivity contribution is 5.90. The number of rotatable bonds is 1. The van der Waals surface area contributed by atoms with Crippen LogP contribution in [-0.2, 0) is 9.53 Å². The van der Waals surface area contributed by atoms with E-state index in [-0.39, 0.29) is 17.8 Å². The zero-order valence-corrected chi connectivity index (χ0v) is 7.74. The fourth-order valence-electron chi connectivity index (χ4n) is 1.50. The van der Waals surface area contributed by atoms with E-state index in [1.165, 1.54) is 18.4 Å². The third kappa shape index (κ3) is 1.88. The van der Waals surface area contributed by atoms with Crippen LogP contribution in [0.4, 0.5) is 8.78 Å². The molecule has 1 aromatic rings. The zero-order valence-electron chi connectivity index (χ0n) is 7.74. The lowest BCUT2D eigenvalue weighted by Gasteiger charge is -2.19. The van der Waals surface area contributed by atoms with Gasteiger partial charge >= 0.3 is 0 Å². The van der Waals surface area contributed by atoms with Crippen LogP contribution in [0.5, 0.6) is 0 Å². The largest absolute Gasteiger partial charge is 0.493 e. The number of hydrogen-bond donors (Lipinski definition) is 0. The number of carbonyl (C=O) groups is 1. The highest BCUT2D eigenvalue weighted by atomic mass is 19.1. The fourth-order valence-corrected chi connectivity index (χ4v) is 1.50. The Labute approximate surface area is 85.2 Å². The molecule has 4 heteroatoms. The van der Waals surface area contributed by atoms with E-state index in [1.807, 2.05) is 0 Å². The lowest BCUT2D eigenvalue weighted by molar-refractivity contribution is -0.118. The van der Waals surface area contributed by atoms with Crippen LogP contribution >= 0.6 is 0 Å². The number of ether oxygens (including phenoxy) is 1. The monoisotopic (exact) mass is 210 g/mol. The van der Waals surface area contributed by atoms with Gasteiger partial charge in [-0.1, -0.05) is 6.07 Å². The number of hydrogen-bond acceptors (Lipinski definition) is 2. The quantitative estimate of drug-likeness (QED) is 0.711.